The van der Waals surface area contributed by atoms with Crippen molar-refractivity contribution in [2.24, 2.45) is 23.2 Å². The number of amides is 2. The molecule has 0 saturated heterocycles. The minimum atomic E-state index is -0.448. The first kappa shape index (κ1) is 16.8. The van der Waals surface area contributed by atoms with E-state index >= 15 is 0 Å². The maximum Gasteiger partial charge on any atom is 0.271 e. The van der Waals surface area contributed by atoms with E-state index in [1.54, 1.807) is 0 Å². The number of aromatic amines is 1. The van der Waals surface area contributed by atoms with Crippen LogP contribution in [0.5, 0.6) is 0 Å². The fraction of sp³-hybridized carbons (Fsp3) is 0.611. The molecule has 4 aliphatic rings. The van der Waals surface area contributed by atoms with Crippen molar-refractivity contribution < 1.29 is 9.59 Å². The number of hydrogen-bond acceptors (Lipinski definition) is 3. The highest BCUT2D eigenvalue weighted by atomic mass is 79.9. The summed E-state index contributed by atoms with van der Waals surface area (Å²) in [5.74, 6) is 1.82. The predicted octanol–water partition coefficient (Wildman–Crippen LogP) is 2.50. The molecule has 1 aromatic rings. The van der Waals surface area contributed by atoms with Gasteiger partial charge in [0.25, 0.3) is 11.5 Å². The molecule has 4 saturated carbocycles. The van der Waals surface area contributed by atoms with Gasteiger partial charge in [0, 0.05) is 12.6 Å². The third kappa shape index (κ3) is 3.38. The summed E-state index contributed by atoms with van der Waals surface area (Å²) < 4.78 is 0.278. The molecule has 5 rings (SSSR count). The van der Waals surface area contributed by atoms with Crippen molar-refractivity contribution in [1.29, 1.82) is 0 Å². The Hall–Kier alpha value is -1.63. The lowest BCUT2D eigenvalue weighted by Gasteiger charge is -2.56. The van der Waals surface area contributed by atoms with E-state index in [0.717, 1.165) is 37.0 Å². The minimum Gasteiger partial charge on any atom is -0.327 e. The molecule has 3 N–H and O–H groups in total. The van der Waals surface area contributed by atoms with Gasteiger partial charge in [-0.15, -0.1) is 0 Å². The summed E-state index contributed by atoms with van der Waals surface area (Å²) in [6.07, 6.45) is 9.34. The molecule has 0 radical (unpaired) electrons. The number of carbonyl (C=O) groups is 2. The number of nitrogens with one attached hydrogen (secondary N) is 3. The SMILES string of the molecule is O=C(CC12CC3CC(CC(C3)C1)C2)NNC(=O)c1c[nH]c(=O)c(Br)c1. The first-order chi connectivity index (χ1) is 11.9. The molecular weight excluding hydrogens is 386 g/mol. The molecule has 2 amide bonds. The van der Waals surface area contributed by atoms with Crippen molar-refractivity contribution >= 4 is 27.7 Å². The van der Waals surface area contributed by atoms with Crippen LogP contribution in [0.4, 0.5) is 0 Å². The van der Waals surface area contributed by atoms with Crippen LogP contribution in [0, 0.1) is 23.2 Å². The van der Waals surface area contributed by atoms with Crippen LogP contribution in [0.3, 0.4) is 0 Å². The van der Waals surface area contributed by atoms with E-state index < -0.39 is 5.91 Å². The summed E-state index contributed by atoms with van der Waals surface area (Å²) in [6.45, 7) is 0. The Balaban J connectivity index is 1.34. The van der Waals surface area contributed by atoms with Gasteiger partial charge >= 0.3 is 0 Å². The van der Waals surface area contributed by atoms with Gasteiger partial charge in [-0.1, -0.05) is 0 Å². The van der Waals surface area contributed by atoms with E-state index in [2.05, 4.69) is 31.8 Å². The normalized spacial score (nSPS) is 32.4. The Kier molecular flexibility index (Phi) is 4.22. The Bertz CT molecular complexity index is 738. The maximum atomic E-state index is 12.4. The van der Waals surface area contributed by atoms with E-state index in [1.807, 2.05) is 0 Å². The fourth-order valence-electron chi connectivity index (χ4n) is 5.68. The number of hydrogen-bond donors (Lipinski definition) is 3. The van der Waals surface area contributed by atoms with Crippen LogP contribution >= 0.6 is 15.9 Å². The zero-order valence-electron chi connectivity index (χ0n) is 13.9. The second-order valence-electron chi connectivity index (χ2n) is 8.16. The number of rotatable bonds is 3. The molecule has 1 heterocycles. The van der Waals surface area contributed by atoms with Crippen LogP contribution in [0.2, 0.25) is 0 Å². The van der Waals surface area contributed by atoms with E-state index in [-0.39, 0.29) is 26.9 Å². The van der Waals surface area contributed by atoms with Crippen LogP contribution in [-0.4, -0.2) is 16.8 Å². The molecule has 134 valence electrons. The highest BCUT2D eigenvalue weighted by molar-refractivity contribution is 9.10. The molecular formula is C18H22BrN3O3. The molecule has 6 nitrogen and oxygen atoms in total. The third-order valence-electron chi connectivity index (χ3n) is 6.14. The number of pyridine rings is 1. The number of carbonyl (C=O) groups excluding carboxylic acids is 2. The van der Waals surface area contributed by atoms with Gasteiger partial charge in [-0.3, -0.25) is 25.2 Å². The summed E-state index contributed by atoms with van der Waals surface area (Å²) >= 11 is 3.09. The van der Waals surface area contributed by atoms with Gasteiger partial charge in [-0.05, 0) is 83.7 Å². The van der Waals surface area contributed by atoms with Crippen LogP contribution in [0.25, 0.3) is 0 Å². The highest BCUT2D eigenvalue weighted by Crippen LogP contribution is 2.61. The van der Waals surface area contributed by atoms with Gasteiger partial charge in [-0.2, -0.15) is 0 Å². The first-order valence-corrected chi connectivity index (χ1v) is 9.69. The summed E-state index contributed by atoms with van der Waals surface area (Å²) in [5, 5.41) is 0. The van der Waals surface area contributed by atoms with Gasteiger partial charge in [-0.25, -0.2) is 0 Å². The molecule has 25 heavy (non-hydrogen) atoms. The fourth-order valence-corrected chi connectivity index (χ4v) is 6.04. The predicted molar refractivity (Wildman–Crippen MR) is 95.6 cm³/mol. The molecule has 4 bridgehead atoms. The van der Waals surface area contributed by atoms with Crippen LogP contribution in [-0.2, 0) is 4.79 Å². The van der Waals surface area contributed by atoms with Gasteiger partial charge in [0.1, 0.15) is 0 Å². The van der Waals surface area contributed by atoms with Crippen molar-refractivity contribution in [3.63, 3.8) is 0 Å². The number of H-pyrrole nitrogens is 1. The van der Waals surface area contributed by atoms with Crippen molar-refractivity contribution in [1.82, 2.24) is 15.8 Å². The zero-order valence-corrected chi connectivity index (χ0v) is 15.5. The van der Waals surface area contributed by atoms with Crippen molar-refractivity contribution in [2.45, 2.75) is 44.9 Å². The Morgan fingerprint density at radius 3 is 2.28 bits per heavy atom. The Morgan fingerprint density at radius 2 is 1.72 bits per heavy atom. The molecule has 1 aromatic heterocycles. The van der Waals surface area contributed by atoms with E-state index in [9.17, 15) is 14.4 Å². The Labute approximate surface area is 154 Å². The van der Waals surface area contributed by atoms with Gasteiger partial charge in [0.2, 0.25) is 5.91 Å². The lowest BCUT2D eigenvalue weighted by Crippen LogP contribution is -2.50. The minimum absolute atomic E-state index is 0.126. The number of hydrazine groups is 1. The van der Waals surface area contributed by atoms with Crippen LogP contribution < -0.4 is 16.4 Å². The summed E-state index contributed by atoms with van der Waals surface area (Å²) in [6, 6.07) is 1.43. The highest BCUT2D eigenvalue weighted by Gasteiger charge is 2.51. The molecule has 0 aromatic carbocycles. The Morgan fingerprint density at radius 1 is 1.12 bits per heavy atom. The standard InChI is InChI=1S/C18H22BrN3O3/c19-14-4-13(9-20-17(14)25)16(24)22-21-15(23)8-18-5-10-1-11(6-18)3-12(2-10)7-18/h4,9-12H,1-3,5-8H2,(H,20,25)(H,21,23)(H,22,24). The van der Waals surface area contributed by atoms with Gasteiger partial charge < -0.3 is 4.98 Å². The lowest BCUT2D eigenvalue weighted by atomic mass is 9.49. The second kappa shape index (κ2) is 6.27. The molecule has 0 unspecified atom stereocenters. The van der Waals surface area contributed by atoms with Gasteiger partial charge in [0.15, 0.2) is 0 Å². The first-order valence-electron chi connectivity index (χ1n) is 8.90. The number of aromatic nitrogens is 1. The van der Waals surface area contributed by atoms with Crippen LogP contribution in [0.15, 0.2) is 21.5 Å². The van der Waals surface area contributed by atoms with Crippen molar-refractivity contribution in [2.75, 3.05) is 0 Å². The topological polar surface area (TPSA) is 91.1 Å². The molecule has 4 aliphatic carbocycles. The van der Waals surface area contributed by atoms with E-state index in [0.29, 0.717) is 6.42 Å². The van der Waals surface area contributed by atoms with Gasteiger partial charge in [0.05, 0.1) is 10.0 Å². The summed E-state index contributed by atoms with van der Waals surface area (Å²) in [4.78, 5) is 38.3. The summed E-state index contributed by atoms with van der Waals surface area (Å²) in [5.41, 5.74) is 5.11. The zero-order chi connectivity index (χ0) is 17.6. The van der Waals surface area contributed by atoms with E-state index in [4.69, 9.17) is 0 Å². The molecule has 0 aliphatic heterocycles. The molecule has 0 spiro atoms. The smallest absolute Gasteiger partial charge is 0.271 e. The monoisotopic (exact) mass is 407 g/mol. The van der Waals surface area contributed by atoms with Crippen LogP contribution in [0.1, 0.15) is 55.3 Å². The average molecular weight is 408 g/mol. The largest absolute Gasteiger partial charge is 0.327 e. The van der Waals surface area contributed by atoms with E-state index in [1.165, 1.54) is 31.5 Å². The number of halogens is 1. The second-order valence-corrected chi connectivity index (χ2v) is 9.02. The third-order valence-corrected chi connectivity index (χ3v) is 6.73. The lowest BCUT2D eigenvalue weighted by molar-refractivity contribution is -0.130. The van der Waals surface area contributed by atoms with Crippen molar-refractivity contribution in [3.8, 4) is 0 Å². The average Bonchev–Trinajstić information content (AvgIpc) is 2.53. The summed E-state index contributed by atoms with van der Waals surface area (Å²) in [7, 11) is 0. The molecule has 7 heteroatoms. The van der Waals surface area contributed by atoms with Crippen molar-refractivity contribution in [3.05, 3.63) is 32.7 Å². The quantitative estimate of drug-likeness (QED) is 0.672. The molecule has 4 fully saturated rings. The molecule has 0 atom stereocenters. The maximum absolute atomic E-state index is 12.4.